The zero-order valence-corrected chi connectivity index (χ0v) is 13.7. The van der Waals surface area contributed by atoms with Crippen molar-refractivity contribution in [2.24, 2.45) is 5.14 Å². The van der Waals surface area contributed by atoms with Gasteiger partial charge in [0.1, 0.15) is 0 Å². The van der Waals surface area contributed by atoms with Crippen LogP contribution < -0.4 is 9.86 Å². The van der Waals surface area contributed by atoms with Gasteiger partial charge in [-0.15, -0.1) is 0 Å². The number of nitrogens with two attached hydrogens (primary N) is 1. The van der Waals surface area contributed by atoms with Crippen LogP contribution in [0.3, 0.4) is 0 Å². The standard InChI is InChI=1S/C14H16N2O4S2/c1-10-6-7-14(8-11(10)2)22(19,20)16-12-4-3-5-13(9-12)21(15,17)18/h3-9,16H,1-2H3,(H2,15,17,18). The molecular weight excluding hydrogens is 324 g/mol. The lowest BCUT2D eigenvalue weighted by Gasteiger charge is -2.10. The number of aryl methyl sites for hydroxylation is 2. The quantitative estimate of drug-likeness (QED) is 0.884. The first-order chi connectivity index (χ1) is 10.1. The lowest BCUT2D eigenvalue weighted by atomic mass is 10.1. The summed E-state index contributed by atoms with van der Waals surface area (Å²) in [4.78, 5) is -0.0515. The van der Waals surface area contributed by atoms with Crippen molar-refractivity contribution in [2.45, 2.75) is 23.6 Å². The number of hydrogen-bond donors (Lipinski definition) is 2. The number of benzene rings is 2. The Morgan fingerprint density at radius 3 is 2.14 bits per heavy atom. The van der Waals surface area contributed by atoms with E-state index in [1.165, 1.54) is 30.3 Å². The van der Waals surface area contributed by atoms with Crippen LogP contribution in [0.5, 0.6) is 0 Å². The molecule has 0 fully saturated rings. The van der Waals surface area contributed by atoms with E-state index in [0.29, 0.717) is 0 Å². The Morgan fingerprint density at radius 2 is 1.55 bits per heavy atom. The van der Waals surface area contributed by atoms with E-state index < -0.39 is 20.0 Å². The maximum atomic E-state index is 12.3. The first-order valence-corrected chi connectivity index (χ1v) is 9.35. The van der Waals surface area contributed by atoms with Gasteiger partial charge in [-0.1, -0.05) is 12.1 Å². The molecule has 0 amide bonds. The molecule has 0 bridgehead atoms. The molecule has 2 aromatic rings. The molecule has 0 aromatic heterocycles. The largest absolute Gasteiger partial charge is 0.280 e. The number of rotatable bonds is 4. The van der Waals surface area contributed by atoms with Crippen LogP contribution in [0.2, 0.25) is 0 Å². The zero-order valence-electron chi connectivity index (χ0n) is 12.1. The van der Waals surface area contributed by atoms with Crippen molar-refractivity contribution in [2.75, 3.05) is 4.72 Å². The minimum absolute atomic E-state index is 0.108. The Morgan fingerprint density at radius 1 is 0.864 bits per heavy atom. The van der Waals surface area contributed by atoms with Gasteiger partial charge in [-0.3, -0.25) is 4.72 Å². The fraction of sp³-hybridized carbons (Fsp3) is 0.143. The molecule has 0 heterocycles. The maximum absolute atomic E-state index is 12.3. The smallest absolute Gasteiger partial charge is 0.261 e. The number of anilines is 1. The summed E-state index contributed by atoms with van der Waals surface area (Å²) in [5.74, 6) is 0. The Bertz CT molecular complexity index is 920. The van der Waals surface area contributed by atoms with Crippen LogP contribution in [0, 0.1) is 13.8 Å². The van der Waals surface area contributed by atoms with Crippen LogP contribution in [0.1, 0.15) is 11.1 Å². The van der Waals surface area contributed by atoms with Gasteiger partial charge < -0.3 is 0 Å². The third-order valence-corrected chi connectivity index (χ3v) is 5.49. The van der Waals surface area contributed by atoms with Crippen LogP contribution >= 0.6 is 0 Å². The highest BCUT2D eigenvalue weighted by molar-refractivity contribution is 7.92. The minimum atomic E-state index is -3.89. The summed E-state index contributed by atoms with van der Waals surface area (Å²) in [7, 11) is -7.69. The Labute approximate surface area is 130 Å². The van der Waals surface area contributed by atoms with Gasteiger partial charge >= 0.3 is 0 Å². The Hall–Kier alpha value is -1.90. The van der Waals surface area contributed by atoms with Gasteiger partial charge in [0.25, 0.3) is 10.0 Å². The molecule has 0 aliphatic rings. The molecule has 8 heteroatoms. The van der Waals surface area contributed by atoms with Crippen molar-refractivity contribution in [3.63, 3.8) is 0 Å². The van der Waals surface area contributed by atoms with Crippen LogP contribution in [-0.2, 0) is 20.0 Å². The molecule has 22 heavy (non-hydrogen) atoms. The van der Waals surface area contributed by atoms with E-state index in [9.17, 15) is 16.8 Å². The van der Waals surface area contributed by atoms with Gasteiger partial charge in [-0.25, -0.2) is 22.0 Å². The van der Waals surface area contributed by atoms with E-state index in [0.717, 1.165) is 11.1 Å². The summed E-state index contributed by atoms with van der Waals surface area (Å²) in [6.07, 6.45) is 0. The third-order valence-electron chi connectivity index (χ3n) is 3.20. The van der Waals surface area contributed by atoms with Gasteiger partial charge in [0.2, 0.25) is 10.0 Å². The number of sulfonamides is 2. The molecule has 118 valence electrons. The Kier molecular flexibility index (Phi) is 4.28. The van der Waals surface area contributed by atoms with Crippen molar-refractivity contribution >= 4 is 25.7 Å². The molecule has 0 saturated carbocycles. The molecular formula is C14H16N2O4S2. The topological polar surface area (TPSA) is 106 Å². The highest BCUT2D eigenvalue weighted by atomic mass is 32.2. The molecule has 0 radical (unpaired) electrons. The first kappa shape index (κ1) is 16.5. The third kappa shape index (κ3) is 3.65. The lowest BCUT2D eigenvalue weighted by Crippen LogP contribution is -2.15. The molecule has 0 aliphatic heterocycles. The molecule has 0 aliphatic carbocycles. The highest BCUT2D eigenvalue weighted by Crippen LogP contribution is 2.20. The van der Waals surface area contributed by atoms with Crippen LogP contribution in [-0.4, -0.2) is 16.8 Å². The van der Waals surface area contributed by atoms with E-state index in [-0.39, 0.29) is 15.5 Å². The maximum Gasteiger partial charge on any atom is 0.261 e. The molecule has 3 N–H and O–H groups in total. The molecule has 6 nitrogen and oxygen atoms in total. The normalized spacial score (nSPS) is 12.1. The summed E-state index contributed by atoms with van der Waals surface area (Å²) >= 11 is 0. The van der Waals surface area contributed by atoms with Crippen LogP contribution in [0.15, 0.2) is 52.3 Å². The average molecular weight is 340 g/mol. The van der Waals surface area contributed by atoms with Crippen LogP contribution in [0.4, 0.5) is 5.69 Å². The van der Waals surface area contributed by atoms with Gasteiger partial charge in [0.15, 0.2) is 0 Å². The first-order valence-electron chi connectivity index (χ1n) is 6.32. The Balaban J connectivity index is 2.39. The van der Waals surface area contributed by atoms with Gasteiger partial charge in [0.05, 0.1) is 15.5 Å². The highest BCUT2D eigenvalue weighted by Gasteiger charge is 2.16. The number of nitrogens with one attached hydrogen (secondary N) is 1. The fourth-order valence-electron chi connectivity index (χ4n) is 1.83. The number of primary sulfonamides is 1. The van der Waals surface area contributed by atoms with Gasteiger partial charge in [-0.2, -0.15) is 0 Å². The zero-order chi connectivity index (χ0) is 16.5. The van der Waals surface area contributed by atoms with Crippen molar-refractivity contribution in [3.8, 4) is 0 Å². The fourth-order valence-corrected chi connectivity index (χ4v) is 3.53. The second-order valence-corrected chi connectivity index (χ2v) is 8.17. The predicted octanol–water partition coefficient (Wildman–Crippen LogP) is 1.75. The van der Waals surface area contributed by atoms with Crippen molar-refractivity contribution in [1.82, 2.24) is 0 Å². The SMILES string of the molecule is Cc1ccc(S(=O)(=O)Nc2cccc(S(N)(=O)=O)c2)cc1C. The summed E-state index contributed by atoms with van der Waals surface area (Å²) in [5.41, 5.74) is 1.96. The van der Waals surface area contributed by atoms with Crippen molar-refractivity contribution < 1.29 is 16.8 Å². The van der Waals surface area contributed by atoms with Crippen molar-refractivity contribution in [3.05, 3.63) is 53.6 Å². The summed E-state index contributed by atoms with van der Waals surface area (Å²) in [6, 6.07) is 10.1. The van der Waals surface area contributed by atoms with E-state index in [2.05, 4.69) is 4.72 Å². The monoisotopic (exact) mass is 340 g/mol. The van der Waals surface area contributed by atoms with Gasteiger partial charge in [-0.05, 0) is 55.3 Å². The molecule has 0 atom stereocenters. The number of hydrogen-bond acceptors (Lipinski definition) is 4. The average Bonchev–Trinajstić information content (AvgIpc) is 2.40. The van der Waals surface area contributed by atoms with Crippen LogP contribution in [0.25, 0.3) is 0 Å². The van der Waals surface area contributed by atoms with E-state index in [4.69, 9.17) is 5.14 Å². The van der Waals surface area contributed by atoms with Crippen molar-refractivity contribution in [1.29, 1.82) is 0 Å². The molecule has 2 aromatic carbocycles. The second-order valence-electron chi connectivity index (χ2n) is 4.92. The summed E-state index contributed by atoms with van der Waals surface area (Å²) in [6.45, 7) is 3.70. The molecule has 2 rings (SSSR count). The lowest BCUT2D eigenvalue weighted by molar-refractivity contribution is 0.596. The van der Waals surface area contributed by atoms with E-state index >= 15 is 0 Å². The molecule has 0 spiro atoms. The minimum Gasteiger partial charge on any atom is -0.280 e. The molecule has 0 unspecified atom stereocenters. The predicted molar refractivity (Wildman–Crippen MR) is 84.5 cm³/mol. The summed E-state index contributed by atoms with van der Waals surface area (Å²) < 4.78 is 49.6. The summed E-state index contributed by atoms with van der Waals surface area (Å²) in [5, 5.41) is 5.03. The van der Waals surface area contributed by atoms with Gasteiger partial charge in [0, 0.05) is 0 Å². The second kappa shape index (κ2) is 5.71. The van der Waals surface area contributed by atoms with E-state index in [1.54, 1.807) is 12.1 Å². The van der Waals surface area contributed by atoms with E-state index in [1.807, 2.05) is 13.8 Å². The molecule has 0 saturated heterocycles.